The lowest BCUT2D eigenvalue weighted by molar-refractivity contribution is -0.136. The number of carbonyl (C=O) groups excluding carboxylic acids is 2. The maximum atomic E-state index is 11.8. The molecule has 2 amide bonds. The Morgan fingerprint density at radius 2 is 2.00 bits per heavy atom. The van der Waals surface area contributed by atoms with Gasteiger partial charge in [0, 0.05) is 18.8 Å². The molecule has 0 spiro atoms. The van der Waals surface area contributed by atoms with Crippen LogP contribution in [0.25, 0.3) is 0 Å². The van der Waals surface area contributed by atoms with Gasteiger partial charge in [-0.2, -0.15) is 0 Å². The molecule has 120 valence electrons. The van der Waals surface area contributed by atoms with Gasteiger partial charge in [0.05, 0.1) is 6.10 Å². The highest BCUT2D eigenvalue weighted by Crippen LogP contribution is 2.12. The third-order valence-electron chi connectivity index (χ3n) is 3.75. The number of amides is 2. The summed E-state index contributed by atoms with van der Waals surface area (Å²) in [4.78, 5) is 23.5. The van der Waals surface area contributed by atoms with Crippen molar-refractivity contribution in [2.45, 2.75) is 45.1 Å². The number of carbonyl (C=O) groups is 2. The van der Waals surface area contributed by atoms with E-state index < -0.39 is 11.8 Å². The lowest BCUT2D eigenvalue weighted by Crippen LogP contribution is -2.39. The SMILES string of the molecule is CCCCc1ccc(NC(=O)C(=O)NC[C@H]2CCCO2)cc1. The molecular weight excluding hydrogens is 280 g/mol. The molecule has 1 atom stereocenters. The van der Waals surface area contributed by atoms with Gasteiger partial charge in [-0.05, 0) is 43.4 Å². The molecule has 1 aliphatic rings. The van der Waals surface area contributed by atoms with Crippen molar-refractivity contribution < 1.29 is 14.3 Å². The number of anilines is 1. The number of ether oxygens (including phenoxy) is 1. The van der Waals surface area contributed by atoms with Crippen molar-refractivity contribution in [3.63, 3.8) is 0 Å². The highest BCUT2D eigenvalue weighted by atomic mass is 16.5. The Morgan fingerprint density at radius 1 is 1.23 bits per heavy atom. The molecule has 0 saturated carbocycles. The van der Waals surface area contributed by atoms with E-state index >= 15 is 0 Å². The van der Waals surface area contributed by atoms with Crippen LogP contribution in [0.3, 0.4) is 0 Å². The maximum absolute atomic E-state index is 11.8. The van der Waals surface area contributed by atoms with Crippen LogP contribution in [0.5, 0.6) is 0 Å². The van der Waals surface area contributed by atoms with E-state index in [1.54, 1.807) is 0 Å². The molecule has 1 aromatic rings. The van der Waals surface area contributed by atoms with Gasteiger partial charge in [0.15, 0.2) is 0 Å². The summed E-state index contributed by atoms with van der Waals surface area (Å²) >= 11 is 0. The quantitative estimate of drug-likeness (QED) is 0.792. The van der Waals surface area contributed by atoms with Gasteiger partial charge in [-0.1, -0.05) is 25.5 Å². The second-order valence-corrected chi connectivity index (χ2v) is 5.60. The number of nitrogens with one attached hydrogen (secondary N) is 2. The van der Waals surface area contributed by atoms with Gasteiger partial charge in [0.2, 0.25) is 0 Å². The highest BCUT2D eigenvalue weighted by molar-refractivity contribution is 6.39. The first-order chi connectivity index (χ1) is 10.7. The number of unbranched alkanes of at least 4 members (excludes halogenated alkanes) is 1. The minimum Gasteiger partial charge on any atom is -0.376 e. The van der Waals surface area contributed by atoms with Crippen LogP contribution in [0.1, 0.15) is 38.2 Å². The van der Waals surface area contributed by atoms with Gasteiger partial charge >= 0.3 is 11.8 Å². The first-order valence-corrected chi connectivity index (χ1v) is 7.98. The highest BCUT2D eigenvalue weighted by Gasteiger charge is 2.19. The van der Waals surface area contributed by atoms with Gasteiger partial charge in [-0.15, -0.1) is 0 Å². The van der Waals surface area contributed by atoms with E-state index in [9.17, 15) is 9.59 Å². The second-order valence-electron chi connectivity index (χ2n) is 5.60. The summed E-state index contributed by atoms with van der Waals surface area (Å²) in [6, 6.07) is 7.62. The first-order valence-electron chi connectivity index (χ1n) is 7.98. The predicted molar refractivity (Wildman–Crippen MR) is 85.7 cm³/mol. The van der Waals surface area contributed by atoms with Gasteiger partial charge in [-0.25, -0.2) is 0 Å². The van der Waals surface area contributed by atoms with Crippen LogP contribution in [0.15, 0.2) is 24.3 Å². The first kappa shape index (κ1) is 16.5. The van der Waals surface area contributed by atoms with Crippen LogP contribution in [-0.4, -0.2) is 31.1 Å². The minimum absolute atomic E-state index is 0.0367. The zero-order valence-corrected chi connectivity index (χ0v) is 13.1. The third kappa shape index (κ3) is 5.15. The normalized spacial score (nSPS) is 17.2. The summed E-state index contributed by atoms with van der Waals surface area (Å²) in [5.74, 6) is -1.26. The van der Waals surface area contributed by atoms with Crippen LogP contribution >= 0.6 is 0 Å². The fraction of sp³-hybridized carbons (Fsp3) is 0.529. The number of aryl methyl sites for hydroxylation is 1. The third-order valence-corrected chi connectivity index (χ3v) is 3.75. The minimum atomic E-state index is -0.640. The van der Waals surface area contributed by atoms with Crippen LogP contribution in [0.4, 0.5) is 5.69 Å². The monoisotopic (exact) mass is 304 g/mol. The van der Waals surface area contributed by atoms with Crippen LogP contribution in [0.2, 0.25) is 0 Å². The summed E-state index contributed by atoms with van der Waals surface area (Å²) in [6.07, 6.45) is 5.32. The van der Waals surface area contributed by atoms with E-state index in [1.165, 1.54) is 5.56 Å². The predicted octanol–water partition coefficient (Wildman–Crippen LogP) is 2.26. The number of hydrogen-bond donors (Lipinski definition) is 2. The number of benzene rings is 1. The molecule has 2 N–H and O–H groups in total. The van der Waals surface area contributed by atoms with E-state index in [0.717, 1.165) is 38.7 Å². The molecule has 1 fully saturated rings. The average Bonchev–Trinajstić information content (AvgIpc) is 3.05. The summed E-state index contributed by atoms with van der Waals surface area (Å²) in [5.41, 5.74) is 1.88. The summed E-state index contributed by atoms with van der Waals surface area (Å²) in [7, 11) is 0. The standard InChI is InChI=1S/C17H24N2O3/c1-2-3-5-13-7-9-14(10-8-13)19-17(21)16(20)18-12-15-6-4-11-22-15/h7-10,15H,2-6,11-12H2,1H3,(H,18,20)(H,19,21)/t15-/m1/s1. The summed E-state index contributed by atoms with van der Waals surface area (Å²) < 4.78 is 5.40. The molecule has 5 nitrogen and oxygen atoms in total. The van der Waals surface area contributed by atoms with E-state index in [2.05, 4.69) is 17.6 Å². The Morgan fingerprint density at radius 3 is 2.64 bits per heavy atom. The largest absolute Gasteiger partial charge is 0.376 e. The van der Waals surface area contributed by atoms with Gasteiger partial charge < -0.3 is 15.4 Å². The molecular formula is C17H24N2O3. The molecule has 1 heterocycles. The van der Waals surface area contributed by atoms with Crippen molar-refractivity contribution in [3.05, 3.63) is 29.8 Å². The topological polar surface area (TPSA) is 67.4 Å². The Labute approximate surface area is 131 Å². The molecule has 0 aliphatic carbocycles. The molecule has 2 rings (SSSR count). The van der Waals surface area contributed by atoms with Gasteiger partial charge in [-0.3, -0.25) is 9.59 Å². The van der Waals surface area contributed by atoms with E-state index in [-0.39, 0.29) is 6.10 Å². The van der Waals surface area contributed by atoms with Crippen molar-refractivity contribution in [2.24, 2.45) is 0 Å². The van der Waals surface area contributed by atoms with E-state index in [1.807, 2.05) is 24.3 Å². The van der Waals surface area contributed by atoms with Crippen molar-refractivity contribution in [1.82, 2.24) is 5.32 Å². The smallest absolute Gasteiger partial charge is 0.313 e. The number of rotatable bonds is 6. The molecule has 1 aliphatic heterocycles. The summed E-state index contributed by atoms with van der Waals surface area (Å²) in [5, 5.41) is 5.22. The van der Waals surface area contributed by atoms with Crippen LogP contribution in [-0.2, 0) is 20.7 Å². The van der Waals surface area contributed by atoms with Crippen molar-refractivity contribution >= 4 is 17.5 Å². The Kier molecular flexibility index (Phi) is 6.40. The Hall–Kier alpha value is -1.88. The lowest BCUT2D eigenvalue weighted by atomic mass is 10.1. The molecule has 0 bridgehead atoms. The maximum Gasteiger partial charge on any atom is 0.313 e. The second kappa shape index (κ2) is 8.54. The van der Waals surface area contributed by atoms with Gasteiger partial charge in [0.25, 0.3) is 0 Å². The molecule has 0 aromatic heterocycles. The van der Waals surface area contributed by atoms with Crippen molar-refractivity contribution in [2.75, 3.05) is 18.5 Å². The molecule has 1 saturated heterocycles. The van der Waals surface area contributed by atoms with Crippen molar-refractivity contribution in [1.29, 1.82) is 0 Å². The van der Waals surface area contributed by atoms with Crippen molar-refractivity contribution in [3.8, 4) is 0 Å². The zero-order valence-electron chi connectivity index (χ0n) is 13.1. The van der Waals surface area contributed by atoms with Crippen LogP contribution in [0, 0.1) is 0 Å². The number of hydrogen-bond acceptors (Lipinski definition) is 3. The Balaban J connectivity index is 1.76. The molecule has 0 radical (unpaired) electrons. The molecule has 22 heavy (non-hydrogen) atoms. The molecule has 1 aromatic carbocycles. The molecule has 5 heteroatoms. The van der Waals surface area contributed by atoms with Crippen LogP contribution < -0.4 is 10.6 Å². The lowest BCUT2D eigenvalue weighted by Gasteiger charge is -2.11. The van der Waals surface area contributed by atoms with E-state index in [0.29, 0.717) is 12.2 Å². The molecule has 0 unspecified atom stereocenters. The fourth-order valence-corrected chi connectivity index (χ4v) is 2.42. The average molecular weight is 304 g/mol. The van der Waals surface area contributed by atoms with Gasteiger partial charge in [0.1, 0.15) is 0 Å². The van der Waals surface area contributed by atoms with E-state index in [4.69, 9.17) is 4.74 Å². The Bertz CT molecular complexity index is 493. The zero-order chi connectivity index (χ0) is 15.8. The fourth-order valence-electron chi connectivity index (χ4n) is 2.42. The summed E-state index contributed by atoms with van der Waals surface area (Å²) in [6.45, 7) is 3.28.